The molecule has 0 radical (unpaired) electrons. The Hall–Kier alpha value is -9.47. The lowest BCUT2D eigenvalue weighted by Crippen LogP contribution is -2.41. The lowest BCUT2D eigenvalue weighted by Gasteiger charge is -2.32. The van der Waals surface area contributed by atoms with Crippen molar-refractivity contribution in [1.29, 1.82) is 0 Å². The van der Waals surface area contributed by atoms with Crippen molar-refractivity contribution in [2.75, 3.05) is 14.7 Å². The average Bonchev–Trinajstić information content (AvgIpc) is 1.58. The van der Waals surface area contributed by atoms with Gasteiger partial charge in [-0.25, -0.2) is 0 Å². The fourth-order valence-electron chi connectivity index (χ4n) is 19.5. The molecule has 3 fully saturated rings. The second-order valence-electron chi connectivity index (χ2n) is 40.8. The molecule has 0 amide bonds. The smallest absolute Gasteiger partial charge is 0.399 e. The third-order valence-electron chi connectivity index (χ3n) is 29.6. The van der Waals surface area contributed by atoms with Crippen LogP contribution in [-0.4, -0.2) is 55.0 Å². The lowest BCUT2D eigenvalue weighted by atomic mass is 9.78. The zero-order chi connectivity index (χ0) is 95.2. The van der Waals surface area contributed by atoms with Gasteiger partial charge in [-0.05, 0) is 400 Å². The van der Waals surface area contributed by atoms with Crippen LogP contribution >= 0.6 is 95.6 Å². The van der Waals surface area contributed by atoms with E-state index in [9.17, 15) is 0 Å². The van der Waals surface area contributed by atoms with Crippen LogP contribution in [0.25, 0.3) is 66.8 Å². The zero-order valence-corrected chi connectivity index (χ0v) is 89.0. The standard InChI is InChI=1S/C63H48Br3N.C36H48B3NO6.C18H12Br3N/c1-61(2)55-31-40(13-25-49(55)52-28-16-43(64)34-58(52)61)37-7-19-46(20-8-37)67(47-21-9-38(10-22-47)41-14-26-50-53-29-17-44(65)35-59(53)62(3,4)56(50)32-41)48-23-11-39(12-24-48)42-15-27-51-54-30-18-45(66)36-60(54)63(5,6)57(51)33-42;1-31(2)32(3,4)42-37(41-31)25-13-19-28(20-14-25)40(29-21-15-26(16-22-29)38-43-33(5,6)34(7,8)44-38)30-23-17-27(18-24-30)39-45-35(9,10)36(11,12)46-39;19-13-1-7-16(8-2-13)22(17-9-3-14(20)4-10-17)18-11-5-15(21)6-12-18/h7-36H,1-6H3;13-24H,1-12H3;1-12H. The van der Waals surface area contributed by atoms with Crippen molar-refractivity contribution >= 4 is 185 Å². The van der Waals surface area contributed by atoms with Gasteiger partial charge in [-0.1, -0.05) is 265 Å². The molecule has 15 aromatic carbocycles. The molecule has 9 nitrogen and oxygen atoms in total. The normalized spacial score (nSPS) is 17.2. The van der Waals surface area contributed by atoms with E-state index in [4.69, 9.17) is 27.9 Å². The summed E-state index contributed by atoms with van der Waals surface area (Å²) in [6.07, 6.45) is 0. The number of benzene rings is 15. The number of hydrogen-bond donors (Lipinski definition) is 0. The molecule has 0 saturated carbocycles. The fourth-order valence-corrected chi connectivity index (χ4v) is 21.3. The Morgan fingerprint density at radius 2 is 0.319 bits per heavy atom. The molecule has 0 aromatic heterocycles. The Morgan fingerprint density at radius 3 is 0.511 bits per heavy atom. The molecule has 3 aliphatic carbocycles. The molecule has 0 spiro atoms. The van der Waals surface area contributed by atoms with Gasteiger partial charge in [0.25, 0.3) is 0 Å². The van der Waals surface area contributed by atoms with Gasteiger partial charge in [0.05, 0.1) is 33.6 Å². The van der Waals surface area contributed by atoms with E-state index < -0.39 is 55.0 Å². The van der Waals surface area contributed by atoms with Gasteiger partial charge in [0.15, 0.2) is 0 Å². The summed E-state index contributed by atoms with van der Waals surface area (Å²) in [5.74, 6) is 0. The van der Waals surface area contributed by atoms with Gasteiger partial charge in [-0.3, -0.25) is 0 Å². The number of rotatable bonds is 15. The highest BCUT2D eigenvalue weighted by molar-refractivity contribution is 9.11. The molecule has 0 N–H and O–H groups in total. The molecular weight excluding hydrogens is 2060 g/mol. The molecule has 15 aromatic rings. The molecule has 0 unspecified atom stereocenters. The summed E-state index contributed by atoms with van der Waals surface area (Å²) in [4.78, 5) is 6.85. The largest absolute Gasteiger partial charge is 0.494 e. The van der Waals surface area contributed by atoms with E-state index >= 15 is 0 Å². The van der Waals surface area contributed by atoms with Gasteiger partial charge < -0.3 is 42.6 Å². The Kier molecular flexibility index (Phi) is 25.0. The molecule has 0 atom stereocenters. The monoisotopic (exact) mass is 2160 g/mol. The Balaban J connectivity index is 0.000000148. The van der Waals surface area contributed by atoms with Crippen LogP contribution in [0, 0.1) is 0 Å². The van der Waals surface area contributed by atoms with E-state index in [0.29, 0.717) is 0 Å². The maximum Gasteiger partial charge on any atom is 0.494 e. The van der Waals surface area contributed by atoms with Crippen LogP contribution in [0.3, 0.4) is 0 Å². The van der Waals surface area contributed by atoms with Crippen molar-refractivity contribution in [2.45, 2.75) is 174 Å². The van der Waals surface area contributed by atoms with Crippen LogP contribution in [0.2, 0.25) is 0 Å². The highest BCUT2D eigenvalue weighted by atomic mass is 79.9. The van der Waals surface area contributed by atoms with Crippen molar-refractivity contribution in [3.05, 3.63) is 388 Å². The minimum absolute atomic E-state index is 0.0870. The first-order valence-corrected chi connectivity index (χ1v) is 51.0. The van der Waals surface area contributed by atoms with Gasteiger partial charge >= 0.3 is 21.4 Å². The van der Waals surface area contributed by atoms with E-state index in [1.165, 1.54) is 100 Å². The number of fused-ring (bicyclic) bond motifs is 9. The van der Waals surface area contributed by atoms with Gasteiger partial charge in [0.2, 0.25) is 0 Å². The molecule has 18 heteroatoms. The Bertz CT molecular complexity index is 6320. The molecule has 3 saturated heterocycles. The molecule has 678 valence electrons. The molecule has 3 heterocycles. The molecule has 21 rings (SSSR count). The van der Waals surface area contributed by atoms with Crippen LogP contribution in [0.5, 0.6) is 0 Å². The van der Waals surface area contributed by atoms with Gasteiger partial charge in [-0.15, -0.1) is 0 Å². The maximum atomic E-state index is 6.32. The van der Waals surface area contributed by atoms with Crippen molar-refractivity contribution in [3.8, 4) is 66.8 Å². The molecular formula is C117H108B3Br6N3O6. The van der Waals surface area contributed by atoms with Crippen LogP contribution < -0.4 is 31.1 Å². The first-order valence-electron chi connectivity index (χ1n) is 46.2. The highest BCUT2D eigenvalue weighted by Gasteiger charge is 2.55. The van der Waals surface area contributed by atoms with E-state index in [1.807, 2.05) is 0 Å². The second-order valence-corrected chi connectivity index (χ2v) is 46.3. The average molecular weight is 2160 g/mol. The SMILES string of the molecule is Brc1ccc(N(c2ccc(Br)cc2)c2ccc(Br)cc2)cc1.CC1(C)OB(c2ccc(N(c3ccc(B4OC(C)(C)C(C)(C)O4)cc3)c3ccc(B4OC(C)(C)C(C)(C)O4)cc3)cc2)OC1(C)C.CC1(C)c2cc(Br)ccc2-c2ccc(-c3ccc(N(c4ccc(-c5ccc6c(c5)C(C)(C)c5cc(Br)ccc5-6)cc4)c4ccc(-c5ccc6c(c5)C(C)(C)c5cc(Br)ccc5-6)cc4)cc3)cc21. The van der Waals surface area contributed by atoms with E-state index in [1.54, 1.807) is 0 Å². The number of anilines is 9. The fraction of sp³-hybridized carbons (Fsp3) is 0.231. The quantitative estimate of drug-likeness (QED) is 0.0934. The zero-order valence-electron chi connectivity index (χ0n) is 79.5. The summed E-state index contributed by atoms with van der Waals surface area (Å²) >= 11 is 21.7. The summed E-state index contributed by atoms with van der Waals surface area (Å²) in [5.41, 5.74) is 33.5. The van der Waals surface area contributed by atoms with Crippen LogP contribution in [-0.2, 0) is 44.2 Å². The topological polar surface area (TPSA) is 65.1 Å². The number of hydrogen-bond acceptors (Lipinski definition) is 9. The Morgan fingerprint density at radius 1 is 0.170 bits per heavy atom. The first-order chi connectivity index (χ1) is 64.0. The molecule has 3 aliphatic heterocycles. The number of nitrogens with zero attached hydrogens (tertiary/aromatic N) is 3. The first kappa shape index (κ1) is 94.5. The minimum Gasteiger partial charge on any atom is -0.399 e. The molecule has 0 bridgehead atoms. The molecule has 135 heavy (non-hydrogen) atoms. The predicted molar refractivity (Wildman–Crippen MR) is 586 cm³/mol. The van der Waals surface area contributed by atoms with Crippen molar-refractivity contribution in [1.82, 2.24) is 0 Å². The third kappa shape index (κ3) is 17.9. The van der Waals surface area contributed by atoms with Gasteiger partial charge in [0, 0.05) is 94.3 Å². The summed E-state index contributed by atoms with van der Waals surface area (Å²) in [5, 5.41) is 0. The summed E-state index contributed by atoms with van der Waals surface area (Å²) in [6.45, 7) is 38.9. The van der Waals surface area contributed by atoms with E-state index in [-0.39, 0.29) is 16.2 Å². The van der Waals surface area contributed by atoms with E-state index in [2.05, 4.69) is 562 Å². The second kappa shape index (κ2) is 35.8. The lowest BCUT2D eigenvalue weighted by molar-refractivity contribution is 0.00578. The Labute approximate surface area is 848 Å². The summed E-state index contributed by atoms with van der Waals surface area (Å²) < 4.78 is 44.5. The van der Waals surface area contributed by atoms with Crippen molar-refractivity contribution in [2.24, 2.45) is 0 Å². The van der Waals surface area contributed by atoms with Crippen LogP contribution in [0.15, 0.2) is 354 Å². The van der Waals surface area contributed by atoms with Crippen LogP contribution in [0.4, 0.5) is 51.2 Å². The number of halogens is 6. The predicted octanol–water partition coefficient (Wildman–Crippen LogP) is 32.9. The van der Waals surface area contributed by atoms with Gasteiger partial charge in [-0.2, -0.15) is 0 Å². The maximum absolute atomic E-state index is 6.32. The van der Waals surface area contributed by atoms with Crippen LogP contribution in [0.1, 0.15) is 158 Å². The molecule has 6 aliphatic rings. The third-order valence-corrected chi connectivity index (χ3v) is 32.6. The summed E-state index contributed by atoms with van der Waals surface area (Å²) in [6, 6.07) is 119. The highest BCUT2D eigenvalue weighted by Crippen LogP contribution is 2.56. The minimum atomic E-state index is -0.425. The summed E-state index contributed by atoms with van der Waals surface area (Å²) in [7, 11) is -1.28. The van der Waals surface area contributed by atoms with E-state index in [0.717, 1.165) is 94.4 Å². The van der Waals surface area contributed by atoms with Crippen molar-refractivity contribution < 1.29 is 27.9 Å². The van der Waals surface area contributed by atoms with Crippen molar-refractivity contribution in [3.63, 3.8) is 0 Å². The van der Waals surface area contributed by atoms with Gasteiger partial charge in [0.1, 0.15) is 0 Å².